The van der Waals surface area contributed by atoms with E-state index in [2.05, 4.69) is 23.3 Å². The second-order valence-electron chi connectivity index (χ2n) is 5.08. The third-order valence-electron chi connectivity index (χ3n) is 2.87. The van der Waals surface area contributed by atoms with Gasteiger partial charge in [-0.2, -0.15) is 0 Å². The summed E-state index contributed by atoms with van der Waals surface area (Å²) >= 11 is 4.19. The molecule has 0 spiro atoms. The van der Waals surface area contributed by atoms with Gasteiger partial charge in [0.2, 0.25) is 11.8 Å². The van der Waals surface area contributed by atoms with Gasteiger partial charge in [0.1, 0.15) is 0 Å². The summed E-state index contributed by atoms with van der Waals surface area (Å²) in [6.07, 6.45) is 0.303. The highest BCUT2D eigenvalue weighted by atomic mass is 32.1. The normalized spacial score (nSPS) is 10.9. The van der Waals surface area contributed by atoms with Crippen LogP contribution in [0.4, 0.5) is 0 Å². The molecule has 0 radical (unpaired) electrons. The zero-order chi connectivity index (χ0) is 14.5. The third-order valence-corrected chi connectivity index (χ3v) is 3.17. The Kier molecular flexibility index (Phi) is 5.42. The molecule has 4 nitrogen and oxygen atoms in total. The number of benzene rings is 1. The number of carbonyl (C=O) groups is 2. The van der Waals surface area contributed by atoms with Gasteiger partial charge < -0.3 is 10.6 Å². The molecule has 1 aromatic carbocycles. The first-order valence-corrected chi connectivity index (χ1v) is 6.56. The summed E-state index contributed by atoms with van der Waals surface area (Å²) in [6, 6.07) is 7.43. The van der Waals surface area contributed by atoms with Crippen molar-refractivity contribution in [1.82, 2.24) is 10.6 Å². The number of hydrogen-bond donors (Lipinski definition) is 3. The number of rotatable bonds is 5. The van der Waals surface area contributed by atoms with Crippen LogP contribution in [0.1, 0.15) is 19.4 Å². The van der Waals surface area contributed by atoms with Crippen molar-refractivity contribution in [2.24, 2.45) is 5.41 Å². The highest BCUT2D eigenvalue weighted by Gasteiger charge is 2.26. The molecule has 0 aromatic heterocycles. The maximum Gasteiger partial charge on any atom is 0.227 e. The molecule has 19 heavy (non-hydrogen) atoms. The van der Waals surface area contributed by atoms with Crippen molar-refractivity contribution in [3.63, 3.8) is 0 Å². The van der Waals surface area contributed by atoms with Gasteiger partial charge in [0.25, 0.3) is 0 Å². The summed E-state index contributed by atoms with van der Waals surface area (Å²) in [6.45, 7) is 3.90. The molecular formula is C14H20N2O2S. The smallest absolute Gasteiger partial charge is 0.227 e. The number of amides is 2. The van der Waals surface area contributed by atoms with Crippen LogP contribution in [0.3, 0.4) is 0 Å². The summed E-state index contributed by atoms with van der Waals surface area (Å²) in [5.41, 5.74) is 0.312. The van der Waals surface area contributed by atoms with E-state index in [1.165, 1.54) is 0 Å². The highest BCUT2D eigenvalue weighted by molar-refractivity contribution is 7.80. The summed E-state index contributed by atoms with van der Waals surface area (Å²) in [5.74, 6) is -0.184. The van der Waals surface area contributed by atoms with Gasteiger partial charge in [-0.25, -0.2) is 0 Å². The van der Waals surface area contributed by atoms with E-state index in [9.17, 15) is 9.59 Å². The van der Waals surface area contributed by atoms with Crippen molar-refractivity contribution in [1.29, 1.82) is 0 Å². The zero-order valence-corrected chi connectivity index (χ0v) is 12.4. The van der Waals surface area contributed by atoms with Gasteiger partial charge in [-0.3, -0.25) is 9.59 Å². The van der Waals surface area contributed by atoms with Gasteiger partial charge >= 0.3 is 0 Å². The number of carbonyl (C=O) groups excluding carboxylic acids is 2. The molecular weight excluding hydrogens is 260 g/mol. The van der Waals surface area contributed by atoms with E-state index in [0.29, 0.717) is 13.0 Å². The molecule has 0 atom stereocenters. The number of thiol groups is 1. The molecule has 0 bridgehead atoms. The van der Waals surface area contributed by atoms with E-state index in [0.717, 1.165) is 10.5 Å². The Hall–Kier alpha value is -1.49. The average molecular weight is 280 g/mol. The first-order valence-electron chi connectivity index (χ1n) is 6.12. The molecule has 2 amide bonds. The molecule has 0 fully saturated rings. The molecule has 1 rings (SSSR count). The van der Waals surface area contributed by atoms with Gasteiger partial charge in [-0.1, -0.05) is 12.1 Å². The predicted molar refractivity (Wildman–Crippen MR) is 78.3 cm³/mol. The summed E-state index contributed by atoms with van der Waals surface area (Å²) < 4.78 is 0. The van der Waals surface area contributed by atoms with Gasteiger partial charge in [-0.05, 0) is 31.5 Å². The molecule has 0 aliphatic rings. The summed E-state index contributed by atoms with van der Waals surface area (Å²) in [4.78, 5) is 24.2. The molecule has 0 saturated carbocycles. The first-order chi connectivity index (χ1) is 8.85. The van der Waals surface area contributed by atoms with Crippen molar-refractivity contribution in [2.75, 3.05) is 13.6 Å². The standard InChI is InChI=1S/C14H20N2O2S/c1-14(2,13(18)15-3)9-16-12(17)8-10-4-6-11(19)7-5-10/h4-7,19H,8-9H2,1-3H3,(H,15,18)(H,16,17). The molecule has 0 aliphatic heterocycles. The van der Waals surface area contributed by atoms with Gasteiger partial charge in [0.05, 0.1) is 11.8 Å². The SMILES string of the molecule is CNC(=O)C(C)(C)CNC(=O)Cc1ccc(S)cc1. The van der Waals surface area contributed by atoms with E-state index in [-0.39, 0.29) is 11.8 Å². The van der Waals surface area contributed by atoms with Crippen LogP contribution in [0.5, 0.6) is 0 Å². The molecule has 2 N–H and O–H groups in total. The van der Waals surface area contributed by atoms with E-state index in [1.807, 2.05) is 24.3 Å². The van der Waals surface area contributed by atoms with Gasteiger partial charge in [0, 0.05) is 18.5 Å². The molecule has 0 saturated heterocycles. The van der Waals surface area contributed by atoms with Crippen LogP contribution >= 0.6 is 12.6 Å². The lowest BCUT2D eigenvalue weighted by Gasteiger charge is -2.22. The Bertz CT molecular complexity index is 455. The lowest BCUT2D eigenvalue weighted by atomic mass is 9.92. The van der Waals surface area contributed by atoms with Crippen LogP contribution in [0.15, 0.2) is 29.2 Å². The average Bonchev–Trinajstić information content (AvgIpc) is 2.38. The largest absolute Gasteiger partial charge is 0.359 e. The van der Waals surface area contributed by atoms with E-state index >= 15 is 0 Å². The van der Waals surface area contributed by atoms with Crippen molar-refractivity contribution in [2.45, 2.75) is 25.2 Å². The van der Waals surface area contributed by atoms with E-state index < -0.39 is 5.41 Å². The van der Waals surface area contributed by atoms with E-state index in [4.69, 9.17) is 0 Å². The van der Waals surface area contributed by atoms with Crippen LogP contribution in [0.2, 0.25) is 0 Å². The molecule has 0 heterocycles. The topological polar surface area (TPSA) is 58.2 Å². The van der Waals surface area contributed by atoms with Crippen molar-refractivity contribution in [3.8, 4) is 0 Å². The predicted octanol–water partition coefficient (Wildman–Crippen LogP) is 1.41. The Morgan fingerprint density at radius 2 is 1.79 bits per heavy atom. The fourth-order valence-electron chi connectivity index (χ4n) is 1.60. The van der Waals surface area contributed by atoms with Crippen molar-refractivity contribution >= 4 is 24.4 Å². The molecule has 104 valence electrons. The first kappa shape index (κ1) is 15.6. The Labute approximate surface area is 119 Å². The minimum Gasteiger partial charge on any atom is -0.359 e. The highest BCUT2D eigenvalue weighted by Crippen LogP contribution is 2.13. The Morgan fingerprint density at radius 1 is 1.21 bits per heavy atom. The zero-order valence-electron chi connectivity index (χ0n) is 11.5. The van der Waals surface area contributed by atoms with Crippen LogP contribution in [-0.4, -0.2) is 25.4 Å². The van der Waals surface area contributed by atoms with Crippen LogP contribution < -0.4 is 10.6 Å². The maximum atomic E-state index is 11.8. The molecule has 5 heteroatoms. The molecule has 0 aliphatic carbocycles. The van der Waals surface area contributed by atoms with Gasteiger partial charge in [-0.15, -0.1) is 12.6 Å². The van der Waals surface area contributed by atoms with Crippen molar-refractivity contribution < 1.29 is 9.59 Å². The van der Waals surface area contributed by atoms with Crippen LogP contribution in [-0.2, 0) is 16.0 Å². The van der Waals surface area contributed by atoms with E-state index in [1.54, 1.807) is 20.9 Å². The fourth-order valence-corrected chi connectivity index (χ4v) is 1.75. The summed E-state index contributed by atoms with van der Waals surface area (Å²) in [5, 5.41) is 5.37. The lowest BCUT2D eigenvalue weighted by Crippen LogP contribution is -2.44. The molecule has 1 aromatic rings. The van der Waals surface area contributed by atoms with Crippen molar-refractivity contribution in [3.05, 3.63) is 29.8 Å². The fraction of sp³-hybridized carbons (Fsp3) is 0.429. The Morgan fingerprint density at radius 3 is 2.32 bits per heavy atom. The quantitative estimate of drug-likeness (QED) is 0.714. The number of nitrogens with one attached hydrogen (secondary N) is 2. The molecule has 0 unspecified atom stereocenters. The van der Waals surface area contributed by atoms with Gasteiger partial charge in [0.15, 0.2) is 0 Å². The number of hydrogen-bond acceptors (Lipinski definition) is 3. The monoisotopic (exact) mass is 280 g/mol. The third kappa shape index (κ3) is 4.95. The minimum absolute atomic E-state index is 0.0905. The maximum absolute atomic E-state index is 11.8. The Balaban J connectivity index is 2.48. The lowest BCUT2D eigenvalue weighted by molar-refractivity contribution is -0.129. The van der Waals surface area contributed by atoms with Crippen LogP contribution in [0.25, 0.3) is 0 Å². The summed E-state index contributed by atoms with van der Waals surface area (Å²) in [7, 11) is 1.59. The van der Waals surface area contributed by atoms with Crippen LogP contribution in [0, 0.1) is 5.41 Å². The minimum atomic E-state index is -0.612. The second kappa shape index (κ2) is 6.61. The second-order valence-corrected chi connectivity index (χ2v) is 5.60.